The van der Waals surface area contributed by atoms with Crippen molar-refractivity contribution >= 4 is 22.6 Å². The number of rotatable bonds is 4. The molecule has 0 unspecified atom stereocenters. The highest BCUT2D eigenvalue weighted by atomic mass is 127. The van der Waals surface area contributed by atoms with Gasteiger partial charge >= 0.3 is 0 Å². The minimum atomic E-state index is -0.719. The van der Waals surface area contributed by atoms with E-state index in [1.54, 1.807) is 18.2 Å². The third-order valence-corrected chi connectivity index (χ3v) is 3.43. The first kappa shape index (κ1) is 14.2. The number of halogens is 3. The van der Waals surface area contributed by atoms with Gasteiger partial charge in [0.25, 0.3) is 0 Å². The molecule has 0 aliphatic carbocycles. The molecule has 2 N–H and O–H groups in total. The van der Waals surface area contributed by atoms with Crippen molar-refractivity contribution in [1.29, 1.82) is 0 Å². The van der Waals surface area contributed by atoms with Gasteiger partial charge < -0.3 is 10.5 Å². The summed E-state index contributed by atoms with van der Waals surface area (Å²) in [4.78, 5) is 0. The maximum Gasteiger partial charge on any atom is 0.198 e. The molecule has 0 fully saturated rings. The quantitative estimate of drug-likeness (QED) is 0.824. The Morgan fingerprint density at radius 2 is 1.74 bits per heavy atom. The van der Waals surface area contributed by atoms with E-state index in [4.69, 9.17) is 10.5 Å². The normalized spacial score (nSPS) is 10.5. The highest BCUT2D eigenvalue weighted by Gasteiger charge is 2.14. The lowest BCUT2D eigenvalue weighted by molar-refractivity contribution is 0.404. The largest absolute Gasteiger partial charge is 0.450 e. The Morgan fingerprint density at radius 1 is 1.11 bits per heavy atom. The van der Waals surface area contributed by atoms with Crippen LogP contribution in [0.2, 0.25) is 0 Å². The van der Waals surface area contributed by atoms with Gasteiger partial charge in [0, 0.05) is 0 Å². The summed E-state index contributed by atoms with van der Waals surface area (Å²) < 4.78 is 33.8. The van der Waals surface area contributed by atoms with Crippen LogP contribution >= 0.6 is 22.6 Å². The molecule has 5 heteroatoms. The number of para-hydroxylation sites is 1. The zero-order chi connectivity index (χ0) is 13.8. The van der Waals surface area contributed by atoms with E-state index in [1.807, 2.05) is 28.7 Å². The van der Waals surface area contributed by atoms with E-state index in [-0.39, 0.29) is 5.75 Å². The van der Waals surface area contributed by atoms with Crippen molar-refractivity contribution < 1.29 is 13.5 Å². The number of benzene rings is 2. The summed E-state index contributed by atoms with van der Waals surface area (Å²) in [7, 11) is 0. The molecule has 2 aromatic carbocycles. The number of ether oxygens (including phenoxy) is 1. The molecule has 2 rings (SSSR count). The fourth-order valence-electron chi connectivity index (χ4n) is 1.66. The van der Waals surface area contributed by atoms with Gasteiger partial charge in [-0.3, -0.25) is 0 Å². The predicted octanol–water partition coefficient (Wildman–Crippen LogP) is 3.86. The van der Waals surface area contributed by atoms with E-state index >= 15 is 0 Å². The molecule has 0 aromatic heterocycles. The molecular formula is C14H12F2INO. The maximum absolute atomic E-state index is 13.8. The van der Waals surface area contributed by atoms with E-state index in [0.717, 1.165) is 3.57 Å². The van der Waals surface area contributed by atoms with E-state index in [2.05, 4.69) is 0 Å². The highest BCUT2D eigenvalue weighted by molar-refractivity contribution is 14.1. The lowest BCUT2D eigenvalue weighted by Crippen LogP contribution is -2.04. The predicted molar refractivity (Wildman–Crippen MR) is 78.3 cm³/mol. The molecule has 0 atom stereocenters. The minimum Gasteiger partial charge on any atom is -0.450 e. The molecule has 2 nitrogen and oxygen atoms in total. The average molecular weight is 375 g/mol. The Balaban J connectivity index is 2.33. The van der Waals surface area contributed by atoms with Gasteiger partial charge in [0.1, 0.15) is 5.75 Å². The number of hydrogen-bond acceptors (Lipinski definition) is 2. The van der Waals surface area contributed by atoms with Crippen molar-refractivity contribution in [3.8, 4) is 11.5 Å². The van der Waals surface area contributed by atoms with Gasteiger partial charge in [0.15, 0.2) is 17.4 Å². The van der Waals surface area contributed by atoms with Crippen LogP contribution in [0.1, 0.15) is 5.56 Å². The van der Waals surface area contributed by atoms with Crippen molar-refractivity contribution in [3.63, 3.8) is 0 Å². The topological polar surface area (TPSA) is 35.2 Å². The van der Waals surface area contributed by atoms with Crippen LogP contribution in [-0.4, -0.2) is 6.54 Å². The summed E-state index contributed by atoms with van der Waals surface area (Å²) >= 11 is 2.04. The SMILES string of the molecule is NCCc1cc(F)c(Oc2ccccc2I)c(F)c1. The van der Waals surface area contributed by atoms with E-state index < -0.39 is 11.6 Å². The molecule has 0 heterocycles. The highest BCUT2D eigenvalue weighted by Crippen LogP contribution is 2.31. The van der Waals surface area contributed by atoms with Crippen molar-refractivity contribution in [2.75, 3.05) is 6.54 Å². The van der Waals surface area contributed by atoms with E-state index in [1.165, 1.54) is 12.1 Å². The summed E-state index contributed by atoms with van der Waals surface area (Å²) in [6.07, 6.45) is 0.428. The maximum atomic E-state index is 13.8. The summed E-state index contributed by atoms with van der Waals surface area (Å²) in [5.41, 5.74) is 5.89. The molecule has 0 saturated carbocycles. The molecule has 0 amide bonds. The lowest BCUT2D eigenvalue weighted by atomic mass is 10.1. The zero-order valence-electron chi connectivity index (χ0n) is 10.00. The van der Waals surface area contributed by atoms with Crippen molar-refractivity contribution in [2.45, 2.75) is 6.42 Å². The van der Waals surface area contributed by atoms with Gasteiger partial charge in [-0.1, -0.05) is 12.1 Å². The summed E-state index contributed by atoms with van der Waals surface area (Å²) in [6.45, 7) is 0.343. The van der Waals surface area contributed by atoms with E-state index in [0.29, 0.717) is 24.3 Å². The zero-order valence-corrected chi connectivity index (χ0v) is 12.2. The van der Waals surface area contributed by atoms with Crippen molar-refractivity contribution in [3.05, 3.63) is 57.2 Å². The third kappa shape index (κ3) is 3.42. The summed E-state index contributed by atoms with van der Waals surface area (Å²) in [5.74, 6) is -1.40. The molecule has 2 aromatic rings. The molecule has 0 radical (unpaired) electrons. The van der Waals surface area contributed by atoms with Crippen LogP contribution in [0.15, 0.2) is 36.4 Å². The van der Waals surface area contributed by atoms with Gasteiger partial charge in [0.05, 0.1) is 3.57 Å². The molecule has 100 valence electrons. The van der Waals surface area contributed by atoms with Crippen molar-refractivity contribution in [1.82, 2.24) is 0 Å². The standard InChI is InChI=1S/C14H12F2INO/c15-10-7-9(5-6-18)8-11(16)14(10)19-13-4-2-1-3-12(13)17/h1-4,7-8H,5-6,18H2. The van der Waals surface area contributed by atoms with Crippen LogP contribution in [-0.2, 0) is 6.42 Å². The smallest absolute Gasteiger partial charge is 0.198 e. The molecule has 0 aliphatic heterocycles. The van der Waals surface area contributed by atoms with Gasteiger partial charge in [-0.25, -0.2) is 8.78 Å². The van der Waals surface area contributed by atoms with Crippen LogP contribution in [0.25, 0.3) is 0 Å². The molecule has 0 spiro atoms. The fraction of sp³-hybridized carbons (Fsp3) is 0.143. The Hall–Kier alpha value is -1.21. The Kier molecular flexibility index (Phi) is 4.71. The molecular weight excluding hydrogens is 363 g/mol. The number of hydrogen-bond donors (Lipinski definition) is 1. The minimum absolute atomic E-state index is 0.343. The average Bonchev–Trinajstić information content (AvgIpc) is 2.36. The molecule has 0 aliphatic rings. The molecule has 0 saturated heterocycles. The summed E-state index contributed by atoms with van der Waals surface area (Å²) in [6, 6.07) is 9.53. The Labute approximate surface area is 123 Å². The third-order valence-electron chi connectivity index (χ3n) is 2.54. The van der Waals surface area contributed by atoms with Crippen LogP contribution in [0.5, 0.6) is 11.5 Å². The van der Waals surface area contributed by atoms with Crippen LogP contribution < -0.4 is 10.5 Å². The first-order valence-corrected chi connectivity index (χ1v) is 6.80. The van der Waals surface area contributed by atoms with Crippen LogP contribution in [0, 0.1) is 15.2 Å². The van der Waals surface area contributed by atoms with Gasteiger partial charge in [0.2, 0.25) is 0 Å². The van der Waals surface area contributed by atoms with Crippen molar-refractivity contribution in [2.24, 2.45) is 5.73 Å². The van der Waals surface area contributed by atoms with E-state index in [9.17, 15) is 8.78 Å². The van der Waals surface area contributed by atoms with Gasteiger partial charge in [-0.15, -0.1) is 0 Å². The monoisotopic (exact) mass is 375 g/mol. The molecule has 19 heavy (non-hydrogen) atoms. The Bertz CT molecular complexity index is 566. The van der Waals surface area contributed by atoms with Crippen LogP contribution in [0.4, 0.5) is 8.78 Å². The number of nitrogens with two attached hydrogens (primary N) is 1. The second-order valence-electron chi connectivity index (χ2n) is 3.96. The van der Waals surface area contributed by atoms with Gasteiger partial charge in [-0.2, -0.15) is 0 Å². The second-order valence-corrected chi connectivity index (χ2v) is 5.12. The summed E-state index contributed by atoms with van der Waals surface area (Å²) in [5, 5.41) is 0. The fourth-order valence-corrected chi connectivity index (χ4v) is 2.16. The van der Waals surface area contributed by atoms with Gasteiger partial charge in [-0.05, 0) is 65.4 Å². The first-order chi connectivity index (χ1) is 9.11. The second kappa shape index (κ2) is 6.29. The molecule has 0 bridgehead atoms. The van der Waals surface area contributed by atoms with Crippen LogP contribution in [0.3, 0.4) is 0 Å². The lowest BCUT2D eigenvalue weighted by Gasteiger charge is -2.10. The first-order valence-electron chi connectivity index (χ1n) is 5.72. The Morgan fingerprint density at radius 3 is 2.32 bits per heavy atom.